The van der Waals surface area contributed by atoms with Gasteiger partial charge in [-0.2, -0.15) is 0 Å². The van der Waals surface area contributed by atoms with Crippen molar-refractivity contribution in [3.8, 4) is 0 Å². The Morgan fingerprint density at radius 1 is 1.24 bits per heavy atom. The molecule has 0 heterocycles. The number of benzene rings is 1. The van der Waals surface area contributed by atoms with E-state index in [1.807, 2.05) is 6.07 Å². The third-order valence-electron chi connectivity index (χ3n) is 3.41. The molecule has 1 aliphatic rings. The van der Waals surface area contributed by atoms with Gasteiger partial charge in [0.1, 0.15) is 5.78 Å². The Hall–Kier alpha value is -1.25. The van der Waals surface area contributed by atoms with Crippen molar-refractivity contribution in [1.82, 2.24) is 0 Å². The number of rotatable bonds is 2. The molecule has 0 spiro atoms. The fraction of sp³-hybridized carbons (Fsp3) is 0.500. The molecule has 17 heavy (non-hydrogen) atoms. The summed E-state index contributed by atoms with van der Waals surface area (Å²) in [7, 11) is 0. The van der Waals surface area contributed by atoms with E-state index in [0.717, 1.165) is 25.3 Å². The van der Waals surface area contributed by atoms with E-state index < -0.39 is 5.92 Å². The standard InChI is InChI=1S/C14H16F2O/c1-14(15,16)12-4-2-3-11(9-12)10-5-7-13(17)8-6-10/h2-4,9-10H,5-8H2,1H3. The molecule has 92 valence electrons. The second-order valence-electron chi connectivity index (χ2n) is 4.83. The molecule has 0 saturated heterocycles. The van der Waals surface area contributed by atoms with Gasteiger partial charge in [-0.25, -0.2) is 8.78 Å². The molecular formula is C14H16F2O. The third-order valence-corrected chi connectivity index (χ3v) is 3.41. The number of halogens is 2. The van der Waals surface area contributed by atoms with Crippen LogP contribution in [0.5, 0.6) is 0 Å². The maximum absolute atomic E-state index is 13.2. The minimum Gasteiger partial charge on any atom is -0.300 e. The molecule has 0 atom stereocenters. The number of ketones is 1. The highest BCUT2D eigenvalue weighted by Crippen LogP contribution is 2.34. The van der Waals surface area contributed by atoms with Crippen molar-refractivity contribution < 1.29 is 13.6 Å². The zero-order valence-electron chi connectivity index (χ0n) is 9.88. The predicted octanol–water partition coefficient (Wildman–Crippen LogP) is 4.03. The fourth-order valence-electron chi connectivity index (χ4n) is 2.34. The zero-order chi connectivity index (χ0) is 12.5. The first-order valence-electron chi connectivity index (χ1n) is 5.97. The zero-order valence-corrected chi connectivity index (χ0v) is 9.88. The highest BCUT2D eigenvalue weighted by molar-refractivity contribution is 5.79. The first-order chi connectivity index (χ1) is 7.97. The van der Waals surface area contributed by atoms with Gasteiger partial charge in [0.2, 0.25) is 0 Å². The lowest BCUT2D eigenvalue weighted by Gasteiger charge is -2.22. The molecule has 1 aromatic rings. The topological polar surface area (TPSA) is 17.1 Å². The van der Waals surface area contributed by atoms with Crippen LogP contribution in [0.1, 0.15) is 49.7 Å². The molecule has 3 heteroatoms. The first-order valence-corrected chi connectivity index (χ1v) is 5.97. The number of alkyl halides is 2. The first kappa shape index (κ1) is 12.2. The smallest absolute Gasteiger partial charge is 0.270 e. The summed E-state index contributed by atoms with van der Waals surface area (Å²) in [6, 6.07) is 6.60. The van der Waals surface area contributed by atoms with E-state index in [0.29, 0.717) is 18.6 Å². The summed E-state index contributed by atoms with van der Waals surface area (Å²) in [4.78, 5) is 11.1. The summed E-state index contributed by atoms with van der Waals surface area (Å²) in [5.74, 6) is -2.24. The Balaban J connectivity index is 2.19. The SMILES string of the molecule is CC(F)(F)c1cccc(C2CCC(=O)CC2)c1. The van der Waals surface area contributed by atoms with Gasteiger partial charge in [0.05, 0.1) is 0 Å². The van der Waals surface area contributed by atoms with Crippen molar-refractivity contribution in [3.63, 3.8) is 0 Å². The van der Waals surface area contributed by atoms with E-state index in [1.165, 1.54) is 6.07 Å². The van der Waals surface area contributed by atoms with Gasteiger partial charge in [-0.05, 0) is 30.4 Å². The number of hydrogen-bond donors (Lipinski definition) is 0. The molecule has 0 amide bonds. The average Bonchev–Trinajstić information content (AvgIpc) is 2.29. The summed E-state index contributed by atoms with van der Waals surface area (Å²) < 4.78 is 26.4. The van der Waals surface area contributed by atoms with Crippen molar-refractivity contribution >= 4 is 5.78 Å². The van der Waals surface area contributed by atoms with Crippen LogP contribution < -0.4 is 0 Å². The van der Waals surface area contributed by atoms with Gasteiger partial charge in [0.15, 0.2) is 0 Å². The summed E-state index contributed by atoms with van der Waals surface area (Å²) in [6.45, 7) is 0.913. The second-order valence-corrected chi connectivity index (χ2v) is 4.83. The van der Waals surface area contributed by atoms with Crippen LogP contribution in [-0.2, 0) is 10.7 Å². The quantitative estimate of drug-likeness (QED) is 0.760. The Morgan fingerprint density at radius 3 is 2.47 bits per heavy atom. The van der Waals surface area contributed by atoms with Gasteiger partial charge < -0.3 is 0 Å². The van der Waals surface area contributed by atoms with Crippen molar-refractivity contribution in [2.24, 2.45) is 0 Å². The lowest BCUT2D eigenvalue weighted by molar-refractivity contribution is -0.120. The number of carbonyl (C=O) groups is 1. The molecule has 1 aromatic carbocycles. The monoisotopic (exact) mass is 238 g/mol. The van der Waals surface area contributed by atoms with E-state index in [9.17, 15) is 13.6 Å². The molecule has 0 aliphatic heterocycles. The van der Waals surface area contributed by atoms with Crippen molar-refractivity contribution in [2.75, 3.05) is 0 Å². The van der Waals surface area contributed by atoms with Gasteiger partial charge in [-0.1, -0.05) is 18.2 Å². The van der Waals surface area contributed by atoms with Gasteiger partial charge in [-0.15, -0.1) is 0 Å². The average molecular weight is 238 g/mol. The molecule has 1 fully saturated rings. The largest absolute Gasteiger partial charge is 0.300 e. The normalized spacial score (nSPS) is 18.4. The molecule has 1 saturated carbocycles. The second kappa shape index (κ2) is 4.55. The lowest BCUT2D eigenvalue weighted by atomic mass is 9.83. The van der Waals surface area contributed by atoms with Crippen molar-refractivity contribution in [3.05, 3.63) is 35.4 Å². The molecule has 1 nitrogen and oxygen atoms in total. The molecule has 2 rings (SSSR count). The van der Waals surface area contributed by atoms with E-state index >= 15 is 0 Å². The fourth-order valence-corrected chi connectivity index (χ4v) is 2.34. The minimum atomic E-state index is -2.79. The molecular weight excluding hydrogens is 222 g/mol. The van der Waals surface area contributed by atoms with E-state index in [-0.39, 0.29) is 11.5 Å². The number of Topliss-reactive ketones (excluding diaryl/α,β-unsaturated/α-hetero) is 1. The summed E-state index contributed by atoms with van der Waals surface area (Å²) in [6.07, 6.45) is 2.74. The maximum atomic E-state index is 13.2. The molecule has 0 bridgehead atoms. The van der Waals surface area contributed by atoms with Gasteiger partial charge in [0.25, 0.3) is 5.92 Å². The van der Waals surface area contributed by atoms with Crippen molar-refractivity contribution in [2.45, 2.75) is 44.4 Å². The van der Waals surface area contributed by atoms with Crippen LogP contribution in [0.25, 0.3) is 0 Å². The molecule has 0 N–H and O–H groups in total. The van der Waals surface area contributed by atoms with Crippen LogP contribution in [0.15, 0.2) is 24.3 Å². The van der Waals surface area contributed by atoms with Crippen LogP contribution in [0.3, 0.4) is 0 Å². The van der Waals surface area contributed by atoms with Crippen LogP contribution in [-0.4, -0.2) is 5.78 Å². The summed E-state index contributed by atoms with van der Waals surface area (Å²) in [5, 5.41) is 0. The molecule has 0 aromatic heterocycles. The van der Waals surface area contributed by atoms with Crippen LogP contribution in [0.4, 0.5) is 8.78 Å². The number of carbonyl (C=O) groups excluding carboxylic acids is 1. The maximum Gasteiger partial charge on any atom is 0.270 e. The Labute approximate surface area is 99.8 Å². The highest BCUT2D eigenvalue weighted by atomic mass is 19.3. The van der Waals surface area contributed by atoms with Gasteiger partial charge in [-0.3, -0.25) is 4.79 Å². The van der Waals surface area contributed by atoms with E-state index in [2.05, 4.69) is 0 Å². The van der Waals surface area contributed by atoms with E-state index in [4.69, 9.17) is 0 Å². The summed E-state index contributed by atoms with van der Waals surface area (Å²) >= 11 is 0. The number of hydrogen-bond acceptors (Lipinski definition) is 1. The highest BCUT2D eigenvalue weighted by Gasteiger charge is 2.26. The third kappa shape index (κ3) is 2.90. The Bertz CT molecular complexity index is 410. The van der Waals surface area contributed by atoms with Crippen molar-refractivity contribution in [1.29, 1.82) is 0 Å². The van der Waals surface area contributed by atoms with Crippen LogP contribution >= 0.6 is 0 Å². The Morgan fingerprint density at radius 2 is 1.88 bits per heavy atom. The van der Waals surface area contributed by atoms with Crippen LogP contribution in [0, 0.1) is 0 Å². The lowest BCUT2D eigenvalue weighted by Crippen LogP contribution is -2.13. The molecule has 1 aliphatic carbocycles. The van der Waals surface area contributed by atoms with Gasteiger partial charge >= 0.3 is 0 Å². The molecule has 0 unspecified atom stereocenters. The predicted molar refractivity (Wildman–Crippen MR) is 62.2 cm³/mol. The van der Waals surface area contributed by atoms with E-state index in [1.54, 1.807) is 12.1 Å². The van der Waals surface area contributed by atoms with Crippen LogP contribution in [0.2, 0.25) is 0 Å². The minimum absolute atomic E-state index is 0.0619. The summed E-state index contributed by atoms with van der Waals surface area (Å²) in [5.41, 5.74) is 1.00. The van der Waals surface area contributed by atoms with Gasteiger partial charge in [0, 0.05) is 25.3 Å². The Kier molecular flexibility index (Phi) is 3.27. The molecule has 0 radical (unpaired) electrons.